The average Bonchev–Trinajstić information content (AvgIpc) is 2.49. The molecule has 1 aromatic carbocycles. The SMILES string of the molecule is CCOC(=O)C(=O)NNC(=O)c1cccc(N(C(F)(F)F)S(=O)(=O)O)c1. The van der Waals surface area contributed by atoms with E-state index in [1.807, 2.05) is 0 Å². The van der Waals surface area contributed by atoms with Crippen LogP contribution in [0.25, 0.3) is 0 Å². The number of halogens is 3. The first-order chi connectivity index (χ1) is 11.9. The van der Waals surface area contributed by atoms with Crippen LogP contribution in [0.15, 0.2) is 24.3 Å². The summed E-state index contributed by atoms with van der Waals surface area (Å²) in [6, 6.07) is 3.07. The number of nitrogens with one attached hydrogen (secondary N) is 2. The van der Waals surface area contributed by atoms with Gasteiger partial charge in [0.05, 0.1) is 12.3 Å². The van der Waals surface area contributed by atoms with Crippen LogP contribution in [0.2, 0.25) is 0 Å². The Morgan fingerprint density at radius 3 is 2.35 bits per heavy atom. The summed E-state index contributed by atoms with van der Waals surface area (Å²) in [7, 11) is -5.72. The number of alkyl halides is 3. The lowest BCUT2D eigenvalue weighted by molar-refractivity contribution is -0.154. The topological polar surface area (TPSA) is 142 Å². The first-order valence-electron chi connectivity index (χ1n) is 6.60. The van der Waals surface area contributed by atoms with E-state index in [2.05, 4.69) is 4.74 Å². The lowest BCUT2D eigenvalue weighted by Gasteiger charge is -2.23. The molecular formula is C12H12F3N3O7S. The molecule has 144 valence electrons. The molecule has 0 aromatic heterocycles. The zero-order valence-corrected chi connectivity index (χ0v) is 13.7. The smallest absolute Gasteiger partial charge is 0.459 e. The van der Waals surface area contributed by atoms with Gasteiger partial charge in [-0.25, -0.2) is 4.79 Å². The molecule has 14 heteroatoms. The summed E-state index contributed by atoms with van der Waals surface area (Å²) in [6.45, 7) is 1.32. The van der Waals surface area contributed by atoms with E-state index in [1.165, 1.54) is 6.92 Å². The van der Waals surface area contributed by atoms with Gasteiger partial charge >= 0.3 is 28.5 Å². The summed E-state index contributed by atoms with van der Waals surface area (Å²) in [4.78, 5) is 34.1. The van der Waals surface area contributed by atoms with Crippen molar-refractivity contribution in [1.29, 1.82) is 0 Å². The van der Waals surface area contributed by atoms with Crippen molar-refractivity contribution >= 4 is 33.8 Å². The van der Waals surface area contributed by atoms with E-state index in [-0.39, 0.29) is 6.61 Å². The van der Waals surface area contributed by atoms with Crippen molar-refractivity contribution in [3.8, 4) is 0 Å². The van der Waals surface area contributed by atoms with Crippen LogP contribution in [0, 0.1) is 0 Å². The van der Waals surface area contributed by atoms with Gasteiger partial charge in [-0.05, 0) is 25.1 Å². The Morgan fingerprint density at radius 1 is 1.23 bits per heavy atom. The van der Waals surface area contributed by atoms with Crippen molar-refractivity contribution in [3.05, 3.63) is 29.8 Å². The minimum absolute atomic E-state index is 0.106. The molecule has 3 N–H and O–H groups in total. The zero-order chi connectivity index (χ0) is 20.1. The summed E-state index contributed by atoms with van der Waals surface area (Å²) in [5.41, 5.74) is 1.80. The highest BCUT2D eigenvalue weighted by atomic mass is 32.2. The van der Waals surface area contributed by atoms with Gasteiger partial charge in [-0.3, -0.25) is 25.0 Å². The van der Waals surface area contributed by atoms with Crippen molar-refractivity contribution in [1.82, 2.24) is 10.9 Å². The van der Waals surface area contributed by atoms with Gasteiger partial charge in [-0.1, -0.05) is 6.07 Å². The molecular weight excluding hydrogens is 387 g/mol. The molecule has 0 radical (unpaired) electrons. The summed E-state index contributed by atoms with van der Waals surface area (Å²) >= 11 is 0. The molecule has 0 aliphatic heterocycles. The summed E-state index contributed by atoms with van der Waals surface area (Å²) in [6.07, 6.45) is -5.50. The van der Waals surface area contributed by atoms with Crippen molar-refractivity contribution < 1.29 is 45.3 Å². The van der Waals surface area contributed by atoms with Crippen LogP contribution in [0.3, 0.4) is 0 Å². The van der Waals surface area contributed by atoms with E-state index in [4.69, 9.17) is 4.55 Å². The van der Waals surface area contributed by atoms with E-state index in [9.17, 15) is 36.0 Å². The van der Waals surface area contributed by atoms with Gasteiger partial charge in [0.15, 0.2) is 0 Å². The number of hydrogen-bond acceptors (Lipinski definition) is 6. The Hall–Kier alpha value is -2.87. The number of benzene rings is 1. The number of carbonyl (C=O) groups excluding carboxylic acids is 3. The van der Waals surface area contributed by atoms with Crippen molar-refractivity contribution in [2.24, 2.45) is 0 Å². The third-order valence-corrected chi connectivity index (χ3v) is 3.43. The molecule has 0 spiro atoms. The predicted octanol–water partition coefficient (Wildman–Crippen LogP) is 0.140. The molecule has 0 heterocycles. The second-order valence-electron chi connectivity index (χ2n) is 4.39. The second-order valence-corrected chi connectivity index (χ2v) is 5.65. The quantitative estimate of drug-likeness (QED) is 0.215. The van der Waals surface area contributed by atoms with Crippen LogP contribution in [0.1, 0.15) is 17.3 Å². The summed E-state index contributed by atoms with van der Waals surface area (Å²) in [5.74, 6) is -3.82. The fraction of sp³-hybridized carbons (Fsp3) is 0.250. The number of ether oxygens (including phenoxy) is 1. The van der Waals surface area contributed by atoms with Gasteiger partial charge in [0, 0.05) is 5.56 Å². The number of anilines is 1. The van der Waals surface area contributed by atoms with Gasteiger partial charge in [0.25, 0.3) is 5.91 Å². The molecule has 0 saturated heterocycles. The van der Waals surface area contributed by atoms with Crippen LogP contribution >= 0.6 is 0 Å². The fourth-order valence-corrected chi connectivity index (χ4v) is 2.26. The first kappa shape index (κ1) is 21.2. The molecule has 1 aromatic rings. The van der Waals surface area contributed by atoms with E-state index in [0.717, 1.165) is 12.1 Å². The lowest BCUT2D eigenvalue weighted by atomic mass is 10.2. The fourth-order valence-electron chi connectivity index (χ4n) is 1.62. The molecule has 2 amide bonds. The number of nitrogens with zero attached hydrogens (tertiary/aromatic N) is 1. The van der Waals surface area contributed by atoms with Crippen molar-refractivity contribution in [2.45, 2.75) is 13.2 Å². The predicted molar refractivity (Wildman–Crippen MR) is 78.8 cm³/mol. The number of hydrazine groups is 1. The van der Waals surface area contributed by atoms with E-state index >= 15 is 0 Å². The maximum atomic E-state index is 12.8. The maximum Gasteiger partial charge on any atom is 0.500 e. The van der Waals surface area contributed by atoms with Crippen LogP contribution in [0.4, 0.5) is 18.9 Å². The molecule has 0 bridgehead atoms. The van der Waals surface area contributed by atoms with E-state index < -0.39 is 49.9 Å². The van der Waals surface area contributed by atoms with Crippen molar-refractivity contribution in [3.63, 3.8) is 0 Å². The molecule has 0 aliphatic carbocycles. The minimum Gasteiger partial charge on any atom is -0.459 e. The lowest BCUT2D eigenvalue weighted by Crippen LogP contribution is -2.45. The molecule has 0 aliphatic rings. The Kier molecular flexibility index (Phi) is 6.52. The Labute approximate surface area is 144 Å². The van der Waals surface area contributed by atoms with Gasteiger partial charge in [0.1, 0.15) is 0 Å². The molecule has 26 heavy (non-hydrogen) atoms. The average molecular weight is 399 g/mol. The van der Waals surface area contributed by atoms with Crippen LogP contribution < -0.4 is 15.2 Å². The van der Waals surface area contributed by atoms with E-state index in [0.29, 0.717) is 12.1 Å². The van der Waals surface area contributed by atoms with Crippen LogP contribution in [-0.2, 0) is 24.6 Å². The monoisotopic (exact) mass is 399 g/mol. The second kappa shape index (κ2) is 8.01. The number of hydrogen-bond donors (Lipinski definition) is 3. The molecule has 0 unspecified atom stereocenters. The highest BCUT2D eigenvalue weighted by Gasteiger charge is 2.45. The molecule has 1 rings (SSSR count). The van der Waals surface area contributed by atoms with Gasteiger partial charge in [-0.15, -0.1) is 13.2 Å². The highest BCUT2D eigenvalue weighted by molar-refractivity contribution is 7.87. The Bertz CT molecular complexity index is 811. The molecule has 10 nitrogen and oxygen atoms in total. The zero-order valence-electron chi connectivity index (χ0n) is 12.9. The number of amides is 2. The summed E-state index contributed by atoms with van der Waals surface area (Å²) < 4.78 is 72.2. The van der Waals surface area contributed by atoms with Gasteiger partial charge < -0.3 is 4.74 Å². The largest absolute Gasteiger partial charge is 0.500 e. The Balaban J connectivity index is 3.00. The Morgan fingerprint density at radius 2 is 1.85 bits per heavy atom. The van der Waals surface area contributed by atoms with Gasteiger partial charge in [-0.2, -0.15) is 12.7 Å². The highest BCUT2D eigenvalue weighted by Crippen LogP contribution is 2.31. The standard InChI is InChI=1S/C12H12F3N3O7S/c1-2-25-11(21)10(20)17-16-9(19)7-4-3-5-8(6-7)18(12(13,14)15)26(22,23)24/h3-6H,2H2,1H3,(H,16,19)(H,17,20)(H,22,23,24). The molecule has 0 saturated carbocycles. The van der Waals surface area contributed by atoms with Crippen LogP contribution in [0.5, 0.6) is 0 Å². The third kappa shape index (κ3) is 5.59. The summed E-state index contributed by atoms with van der Waals surface area (Å²) in [5, 5.41) is 0. The van der Waals surface area contributed by atoms with Crippen molar-refractivity contribution in [2.75, 3.05) is 10.9 Å². The maximum absolute atomic E-state index is 12.8. The first-order valence-corrected chi connectivity index (χ1v) is 7.99. The van der Waals surface area contributed by atoms with Crippen LogP contribution in [-0.4, -0.2) is 43.7 Å². The number of rotatable bonds is 4. The molecule has 0 atom stereocenters. The molecule has 0 fully saturated rings. The minimum atomic E-state index is -5.72. The number of esters is 1. The van der Waals surface area contributed by atoms with E-state index in [1.54, 1.807) is 10.9 Å². The number of carbonyl (C=O) groups is 3. The third-order valence-electron chi connectivity index (χ3n) is 2.55. The van der Waals surface area contributed by atoms with Gasteiger partial charge in [0.2, 0.25) is 0 Å². The normalized spacial score (nSPS) is 11.4.